The number of methoxy groups -OCH3 is 2. The number of hydrogen-bond donors (Lipinski definition) is 1. The summed E-state index contributed by atoms with van der Waals surface area (Å²) in [7, 11) is 3.07. The van der Waals surface area contributed by atoms with Gasteiger partial charge in [-0.15, -0.1) is 0 Å². The van der Waals surface area contributed by atoms with Gasteiger partial charge in [0.05, 0.1) is 19.1 Å². The van der Waals surface area contributed by atoms with Crippen LogP contribution in [0.2, 0.25) is 0 Å². The minimum Gasteiger partial charge on any atom is -0.497 e. The summed E-state index contributed by atoms with van der Waals surface area (Å²) in [5.41, 5.74) is 3.33. The number of rotatable bonds is 9. The van der Waals surface area contributed by atoms with Crippen molar-refractivity contribution in [2.75, 3.05) is 26.1 Å². The molecule has 1 N–H and O–H groups in total. The molecule has 1 heterocycles. The van der Waals surface area contributed by atoms with Crippen molar-refractivity contribution in [3.8, 4) is 17.2 Å². The van der Waals surface area contributed by atoms with Crippen molar-refractivity contribution in [1.82, 2.24) is 4.90 Å². The van der Waals surface area contributed by atoms with Gasteiger partial charge in [-0.2, -0.15) is 0 Å². The van der Waals surface area contributed by atoms with E-state index >= 15 is 0 Å². The van der Waals surface area contributed by atoms with Crippen LogP contribution in [0.15, 0.2) is 70.0 Å². The van der Waals surface area contributed by atoms with Crippen LogP contribution in [-0.2, 0) is 16.2 Å². The summed E-state index contributed by atoms with van der Waals surface area (Å²) < 4.78 is 17.2. The number of benzene rings is 3. The lowest BCUT2D eigenvalue weighted by Crippen LogP contribution is -2.36. The number of hydrogen-bond acceptors (Lipinski definition) is 7. The lowest BCUT2D eigenvalue weighted by atomic mass is 10.1. The van der Waals surface area contributed by atoms with Crippen LogP contribution in [0.5, 0.6) is 17.2 Å². The second kappa shape index (κ2) is 12.2. The summed E-state index contributed by atoms with van der Waals surface area (Å²) in [6.07, 6.45) is 1.59. The Morgan fingerprint density at radius 2 is 1.71 bits per heavy atom. The fourth-order valence-corrected chi connectivity index (χ4v) is 4.84. The van der Waals surface area contributed by atoms with Gasteiger partial charge >= 0.3 is 0 Å². The van der Waals surface area contributed by atoms with Crippen molar-refractivity contribution in [1.29, 1.82) is 0 Å². The van der Waals surface area contributed by atoms with E-state index in [9.17, 15) is 14.4 Å². The fraction of sp³-hybridized carbons (Fsp3) is 0.179. The molecule has 38 heavy (non-hydrogen) atoms. The highest BCUT2D eigenvalue weighted by molar-refractivity contribution is 9.10. The van der Waals surface area contributed by atoms with Crippen molar-refractivity contribution in [2.45, 2.75) is 13.5 Å². The van der Waals surface area contributed by atoms with E-state index in [0.29, 0.717) is 39.6 Å². The first-order valence-corrected chi connectivity index (χ1v) is 13.1. The first kappa shape index (κ1) is 27.3. The zero-order valence-electron chi connectivity index (χ0n) is 20.9. The standard InChI is InChI=1S/C28H25BrN2O6S/c1-17-4-6-18(7-5-17)16-37-24-14-22(29)19(12-23(24)36-3)13-25-27(33)31(28(34)38-25)15-26(32)30-20-8-10-21(35-2)11-9-20/h4-14H,15-16H2,1-3H3,(H,30,32)/b25-13+. The number of carbonyl (C=O) groups is 3. The Morgan fingerprint density at radius 3 is 2.37 bits per heavy atom. The maximum atomic E-state index is 13.0. The first-order chi connectivity index (χ1) is 18.3. The van der Waals surface area contributed by atoms with Crippen molar-refractivity contribution in [3.05, 3.63) is 86.7 Å². The molecule has 3 aromatic carbocycles. The normalized spacial score (nSPS) is 14.1. The first-order valence-electron chi connectivity index (χ1n) is 11.5. The molecule has 8 nitrogen and oxygen atoms in total. The molecule has 1 fully saturated rings. The average Bonchev–Trinajstić information content (AvgIpc) is 3.17. The molecule has 1 aliphatic heterocycles. The van der Waals surface area contributed by atoms with Crippen LogP contribution in [-0.4, -0.2) is 42.7 Å². The van der Waals surface area contributed by atoms with Crippen LogP contribution in [0.1, 0.15) is 16.7 Å². The largest absolute Gasteiger partial charge is 0.497 e. The van der Waals surface area contributed by atoms with E-state index in [1.54, 1.807) is 49.6 Å². The van der Waals surface area contributed by atoms with Gasteiger partial charge in [-0.1, -0.05) is 45.8 Å². The summed E-state index contributed by atoms with van der Waals surface area (Å²) in [4.78, 5) is 39.1. The number of ether oxygens (including phenoxy) is 3. The third-order valence-electron chi connectivity index (χ3n) is 5.63. The average molecular weight is 597 g/mol. The molecule has 1 aliphatic rings. The van der Waals surface area contributed by atoms with Gasteiger partial charge in [0.25, 0.3) is 11.1 Å². The second-order valence-corrected chi connectivity index (χ2v) is 10.2. The summed E-state index contributed by atoms with van der Waals surface area (Å²) in [6.45, 7) is 1.99. The topological polar surface area (TPSA) is 94.2 Å². The van der Waals surface area contributed by atoms with Gasteiger partial charge in [-0.05, 0) is 72.3 Å². The van der Waals surface area contributed by atoms with E-state index in [-0.39, 0.29) is 4.91 Å². The van der Waals surface area contributed by atoms with Crippen LogP contribution >= 0.6 is 27.7 Å². The van der Waals surface area contributed by atoms with E-state index in [1.807, 2.05) is 31.2 Å². The lowest BCUT2D eigenvalue weighted by molar-refractivity contribution is -0.127. The molecule has 3 aromatic rings. The summed E-state index contributed by atoms with van der Waals surface area (Å²) in [5, 5.41) is 2.15. The van der Waals surface area contributed by atoms with E-state index < -0.39 is 23.6 Å². The number of halogens is 1. The smallest absolute Gasteiger partial charge is 0.294 e. The Hall–Kier alpha value is -3.76. The Morgan fingerprint density at radius 1 is 1.00 bits per heavy atom. The van der Waals surface area contributed by atoms with E-state index in [2.05, 4.69) is 21.2 Å². The number of nitrogens with one attached hydrogen (secondary N) is 1. The molecule has 0 aromatic heterocycles. The molecule has 0 radical (unpaired) electrons. The monoisotopic (exact) mass is 596 g/mol. The fourth-order valence-electron chi connectivity index (χ4n) is 3.58. The van der Waals surface area contributed by atoms with Crippen LogP contribution in [0.3, 0.4) is 0 Å². The molecule has 0 spiro atoms. The molecule has 0 bridgehead atoms. The number of thioether (sulfide) groups is 1. The van der Waals surface area contributed by atoms with Crippen LogP contribution in [0.4, 0.5) is 10.5 Å². The van der Waals surface area contributed by atoms with E-state index in [4.69, 9.17) is 14.2 Å². The molecule has 0 unspecified atom stereocenters. The highest BCUT2D eigenvalue weighted by Crippen LogP contribution is 2.38. The molecule has 0 aliphatic carbocycles. The van der Waals surface area contributed by atoms with Crippen LogP contribution in [0, 0.1) is 6.92 Å². The third-order valence-corrected chi connectivity index (χ3v) is 7.23. The zero-order chi connectivity index (χ0) is 27.2. The van der Waals surface area contributed by atoms with Crippen molar-refractivity contribution >= 4 is 56.5 Å². The molecular weight excluding hydrogens is 572 g/mol. The van der Waals surface area contributed by atoms with Crippen molar-refractivity contribution in [2.24, 2.45) is 0 Å². The van der Waals surface area contributed by atoms with Crippen LogP contribution < -0.4 is 19.5 Å². The maximum Gasteiger partial charge on any atom is 0.294 e. The number of aryl methyl sites for hydroxylation is 1. The minimum atomic E-state index is -0.546. The van der Waals surface area contributed by atoms with E-state index in [0.717, 1.165) is 22.2 Å². The Labute approximate surface area is 233 Å². The Kier molecular flexibility index (Phi) is 8.75. The quantitative estimate of drug-likeness (QED) is 0.301. The van der Waals surface area contributed by atoms with Crippen LogP contribution in [0.25, 0.3) is 6.08 Å². The summed E-state index contributed by atoms with van der Waals surface area (Å²) >= 11 is 4.29. The summed E-state index contributed by atoms with van der Waals surface area (Å²) in [6, 6.07) is 18.2. The molecule has 3 amide bonds. The van der Waals surface area contributed by atoms with Gasteiger partial charge in [-0.3, -0.25) is 19.3 Å². The Bertz CT molecular complexity index is 1390. The zero-order valence-corrected chi connectivity index (χ0v) is 23.4. The molecule has 196 valence electrons. The molecule has 1 saturated heterocycles. The summed E-state index contributed by atoms with van der Waals surface area (Å²) in [5.74, 6) is 0.616. The highest BCUT2D eigenvalue weighted by atomic mass is 79.9. The number of amides is 3. The SMILES string of the molecule is COc1ccc(NC(=O)CN2C(=O)S/C(=C/c3cc(OC)c(OCc4ccc(C)cc4)cc3Br)C2=O)cc1. The van der Waals surface area contributed by atoms with Gasteiger partial charge in [0.2, 0.25) is 5.91 Å². The second-order valence-electron chi connectivity index (χ2n) is 8.34. The van der Waals surface area contributed by atoms with Gasteiger partial charge in [0.15, 0.2) is 11.5 Å². The van der Waals surface area contributed by atoms with Gasteiger partial charge in [0.1, 0.15) is 18.9 Å². The predicted molar refractivity (Wildman–Crippen MR) is 151 cm³/mol. The van der Waals surface area contributed by atoms with E-state index in [1.165, 1.54) is 12.7 Å². The number of nitrogens with zero attached hydrogens (tertiary/aromatic N) is 1. The van der Waals surface area contributed by atoms with Gasteiger partial charge in [-0.25, -0.2) is 0 Å². The molecule has 10 heteroatoms. The third kappa shape index (κ3) is 6.56. The van der Waals surface area contributed by atoms with Gasteiger partial charge in [0, 0.05) is 10.2 Å². The number of carbonyl (C=O) groups excluding carboxylic acids is 3. The van der Waals surface area contributed by atoms with Gasteiger partial charge < -0.3 is 19.5 Å². The molecule has 0 atom stereocenters. The highest BCUT2D eigenvalue weighted by Gasteiger charge is 2.36. The number of imide groups is 1. The number of anilines is 1. The molecule has 4 rings (SSSR count). The minimum absolute atomic E-state index is 0.198. The maximum absolute atomic E-state index is 13.0. The van der Waals surface area contributed by atoms with Crippen molar-refractivity contribution < 1.29 is 28.6 Å². The molecular formula is C28H25BrN2O6S. The Balaban J connectivity index is 1.45. The van der Waals surface area contributed by atoms with Crippen molar-refractivity contribution in [3.63, 3.8) is 0 Å². The molecule has 0 saturated carbocycles. The lowest BCUT2D eigenvalue weighted by Gasteiger charge is -2.14. The predicted octanol–water partition coefficient (Wildman–Crippen LogP) is 6.03.